The molecule has 1 atom stereocenters. The van der Waals surface area contributed by atoms with Crippen molar-refractivity contribution in [2.24, 2.45) is 0 Å². The number of ketones is 1. The minimum Gasteiger partial charge on any atom is -0.469 e. The van der Waals surface area contributed by atoms with Gasteiger partial charge in [0.25, 0.3) is 0 Å². The van der Waals surface area contributed by atoms with Crippen LogP contribution in [0.25, 0.3) is 0 Å². The Morgan fingerprint density at radius 2 is 1.95 bits per heavy atom. The highest BCUT2D eigenvalue weighted by Crippen LogP contribution is 2.24. The number of benzene rings is 1. The van der Waals surface area contributed by atoms with E-state index in [9.17, 15) is 13.6 Å². The van der Waals surface area contributed by atoms with Crippen molar-refractivity contribution < 1.29 is 18.0 Å². The molecule has 0 saturated heterocycles. The summed E-state index contributed by atoms with van der Waals surface area (Å²) in [7, 11) is 0. The molecular formula is C14H9F2NO2. The van der Waals surface area contributed by atoms with Gasteiger partial charge >= 0.3 is 0 Å². The lowest BCUT2D eigenvalue weighted by molar-refractivity contribution is 0.0977. The number of Topliss-reactive ketones (excluding diaryl/α,β-unsaturated/α-hetero) is 1. The van der Waals surface area contributed by atoms with E-state index in [1.807, 2.05) is 0 Å². The van der Waals surface area contributed by atoms with Gasteiger partial charge in [-0.1, -0.05) is 0 Å². The molecule has 0 aliphatic rings. The summed E-state index contributed by atoms with van der Waals surface area (Å²) in [6.45, 7) is 1.58. The molecule has 0 spiro atoms. The van der Waals surface area contributed by atoms with Crippen LogP contribution in [0.5, 0.6) is 0 Å². The number of hydrogen-bond acceptors (Lipinski definition) is 3. The van der Waals surface area contributed by atoms with Crippen molar-refractivity contribution in [2.45, 2.75) is 12.8 Å². The van der Waals surface area contributed by atoms with Crippen molar-refractivity contribution in [3.63, 3.8) is 0 Å². The molecule has 0 amide bonds. The van der Waals surface area contributed by atoms with Crippen LogP contribution in [-0.4, -0.2) is 5.78 Å². The van der Waals surface area contributed by atoms with E-state index >= 15 is 0 Å². The Morgan fingerprint density at radius 1 is 1.32 bits per heavy atom. The summed E-state index contributed by atoms with van der Waals surface area (Å²) in [5.41, 5.74) is 0.224. The van der Waals surface area contributed by atoms with Gasteiger partial charge in [-0.15, -0.1) is 0 Å². The lowest BCUT2D eigenvalue weighted by Gasteiger charge is -2.08. The second kappa shape index (κ2) is 5.02. The molecular weight excluding hydrogens is 252 g/mol. The molecule has 0 fully saturated rings. The van der Waals surface area contributed by atoms with Crippen molar-refractivity contribution in [2.75, 3.05) is 0 Å². The van der Waals surface area contributed by atoms with Crippen molar-refractivity contribution in [1.29, 1.82) is 5.26 Å². The minimum absolute atomic E-state index is 0.00870. The van der Waals surface area contributed by atoms with Crippen LogP contribution in [0, 0.1) is 29.9 Å². The highest BCUT2D eigenvalue weighted by Gasteiger charge is 2.25. The first-order chi connectivity index (χ1) is 9.02. The summed E-state index contributed by atoms with van der Waals surface area (Å²) in [5.74, 6) is -3.10. The summed E-state index contributed by atoms with van der Waals surface area (Å²) in [6.07, 6.45) is 1.32. The molecule has 96 valence electrons. The van der Waals surface area contributed by atoms with E-state index in [1.54, 1.807) is 13.0 Å². The van der Waals surface area contributed by atoms with Gasteiger partial charge in [-0.25, -0.2) is 8.78 Å². The summed E-state index contributed by atoms with van der Waals surface area (Å²) in [4.78, 5) is 12.2. The Hall–Kier alpha value is -2.48. The molecule has 5 heteroatoms. The normalized spacial score (nSPS) is 11.9. The zero-order valence-corrected chi connectivity index (χ0v) is 9.98. The Labute approximate surface area is 108 Å². The van der Waals surface area contributed by atoms with Gasteiger partial charge in [0.05, 0.1) is 17.9 Å². The predicted molar refractivity (Wildman–Crippen MR) is 62.5 cm³/mol. The summed E-state index contributed by atoms with van der Waals surface area (Å²) in [5, 5.41) is 9.08. The van der Waals surface area contributed by atoms with Crippen LogP contribution in [0.4, 0.5) is 8.78 Å². The Bertz CT molecular complexity index is 650. The first kappa shape index (κ1) is 13.0. The van der Waals surface area contributed by atoms with E-state index in [0.717, 1.165) is 12.1 Å². The number of furan rings is 1. The average Bonchev–Trinajstić information content (AvgIpc) is 2.75. The quantitative estimate of drug-likeness (QED) is 0.796. The molecule has 0 saturated carbocycles. The van der Waals surface area contributed by atoms with Gasteiger partial charge in [0.2, 0.25) is 0 Å². The van der Waals surface area contributed by atoms with Crippen LogP contribution in [0.1, 0.15) is 27.6 Å². The predicted octanol–water partition coefficient (Wildman–Crippen LogP) is 3.36. The Balaban J connectivity index is 2.43. The summed E-state index contributed by atoms with van der Waals surface area (Å²) >= 11 is 0. The van der Waals surface area contributed by atoms with E-state index in [2.05, 4.69) is 0 Å². The number of carbonyl (C=O) groups is 1. The molecule has 1 heterocycles. The second-order valence-corrected chi connectivity index (χ2v) is 4.02. The fourth-order valence-corrected chi connectivity index (χ4v) is 1.82. The van der Waals surface area contributed by atoms with Crippen LogP contribution in [0.2, 0.25) is 0 Å². The SMILES string of the molecule is Cc1occc1C(=O)C(C#N)c1cc(F)cc(F)c1. The molecule has 1 aromatic heterocycles. The minimum atomic E-state index is -1.26. The monoisotopic (exact) mass is 261 g/mol. The van der Waals surface area contributed by atoms with Crippen molar-refractivity contribution >= 4 is 5.78 Å². The van der Waals surface area contributed by atoms with Crippen molar-refractivity contribution in [3.8, 4) is 6.07 Å². The molecule has 0 aliphatic heterocycles. The molecule has 1 unspecified atom stereocenters. The zero-order chi connectivity index (χ0) is 14.0. The van der Waals surface area contributed by atoms with Crippen LogP contribution < -0.4 is 0 Å². The Morgan fingerprint density at radius 3 is 2.42 bits per heavy atom. The summed E-state index contributed by atoms with van der Waals surface area (Å²) in [6, 6.07) is 5.83. The third-order valence-electron chi connectivity index (χ3n) is 2.73. The van der Waals surface area contributed by atoms with Gasteiger partial charge in [0, 0.05) is 6.07 Å². The highest BCUT2D eigenvalue weighted by atomic mass is 19.1. The zero-order valence-electron chi connectivity index (χ0n) is 9.98. The largest absolute Gasteiger partial charge is 0.469 e. The Kier molecular flexibility index (Phi) is 3.43. The van der Waals surface area contributed by atoms with Crippen molar-refractivity contribution in [3.05, 3.63) is 59.1 Å². The fraction of sp³-hybridized carbons (Fsp3) is 0.143. The van der Waals surface area contributed by atoms with Gasteiger partial charge in [0.1, 0.15) is 23.3 Å². The van der Waals surface area contributed by atoms with Crippen LogP contribution in [-0.2, 0) is 0 Å². The molecule has 0 N–H and O–H groups in total. The van der Waals surface area contributed by atoms with E-state index in [-0.39, 0.29) is 11.1 Å². The third-order valence-corrected chi connectivity index (χ3v) is 2.73. The maximum absolute atomic E-state index is 13.1. The molecule has 2 aromatic rings. The van der Waals surface area contributed by atoms with E-state index in [1.165, 1.54) is 12.3 Å². The number of rotatable bonds is 3. The number of nitrogens with zero attached hydrogens (tertiary/aromatic N) is 1. The van der Waals surface area contributed by atoms with Gasteiger partial charge < -0.3 is 4.42 Å². The first-order valence-electron chi connectivity index (χ1n) is 5.47. The first-order valence-corrected chi connectivity index (χ1v) is 5.47. The number of halogens is 2. The molecule has 0 radical (unpaired) electrons. The fourth-order valence-electron chi connectivity index (χ4n) is 1.82. The van der Waals surface area contributed by atoms with Gasteiger partial charge in [-0.2, -0.15) is 5.26 Å². The van der Waals surface area contributed by atoms with Crippen LogP contribution in [0.15, 0.2) is 34.9 Å². The average molecular weight is 261 g/mol. The number of aryl methyl sites for hydroxylation is 1. The van der Waals surface area contributed by atoms with Gasteiger partial charge in [-0.3, -0.25) is 4.79 Å². The van der Waals surface area contributed by atoms with Crippen molar-refractivity contribution in [1.82, 2.24) is 0 Å². The maximum atomic E-state index is 13.1. The molecule has 2 rings (SSSR count). The lowest BCUT2D eigenvalue weighted by atomic mass is 9.92. The number of hydrogen-bond donors (Lipinski definition) is 0. The number of carbonyl (C=O) groups excluding carboxylic acids is 1. The van der Waals surface area contributed by atoms with Gasteiger partial charge in [-0.05, 0) is 30.7 Å². The molecule has 3 nitrogen and oxygen atoms in total. The van der Waals surface area contributed by atoms with Crippen LogP contribution >= 0.6 is 0 Å². The molecule has 0 bridgehead atoms. The highest BCUT2D eigenvalue weighted by molar-refractivity contribution is 6.03. The van der Waals surface area contributed by atoms with E-state index < -0.39 is 23.3 Å². The van der Waals surface area contributed by atoms with Gasteiger partial charge in [0.15, 0.2) is 5.78 Å². The van der Waals surface area contributed by atoms with E-state index in [0.29, 0.717) is 11.8 Å². The van der Waals surface area contributed by atoms with Crippen LogP contribution in [0.3, 0.4) is 0 Å². The topological polar surface area (TPSA) is 54.0 Å². The third kappa shape index (κ3) is 2.52. The molecule has 19 heavy (non-hydrogen) atoms. The standard InChI is InChI=1S/C14H9F2NO2/c1-8-12(2-3-19-8)14(18)13(7-17)9-4-10(15)6-11(16)5-9/h2-6,13H,1H3. The lowest BCUT2D eigenvalue weighted by Crippen LogP contribution is -2.12. The molecule has 1 aromatic carbocycles. The number of nitriles is 1. The maximum Gasteiger partial charge on any atom is 0.187 e. The summed E-state index contributed by atoms with van der Waals surface area (Å²) < 4.78 is 31.2. The molecule has 0 aliphatic carbocycles. The smallest absolute Gasteiger partial charge is 0.187 e. The second-order valence-electron chi connectivity index (χ2n) is 4.02. The van der Waals surface area contributed by atoms with E-state index in [4.69, 9.17) is 9.68 Å².